The van der Waals surface area contributed by atoms with E-state index in [0.717, 1.165) is 43.0 Å². The summed E-state index contributed by atoms with van der Waals surface area (Å²) in [5, 5.41) is 7.60. The van der Waals surface area contributed by atoms with Crippen LogP contribution in [0.1, 0.15) is 0 Å². The Labute approximate surface area is 123 Å². The molecule has 0 atom stereocenters. The number of imidazole rings is 1. The van der Waals surface area contributed by atoms with Crippen LogP contribution in [0.15, 0.2) is 36.9 Å². The van der Waals surface area contributed by atoms with Crippen LogP contribution in [0, 0.1) is 0 Å². The molecule has 0 spiro atoms. The first-order valence-electron chi connectivity index (χ1n) is 7.23. The Morgan fingerprint density at radius 3 is 2.76 bits per heavy atom. The maximum Gasteiger partial charge on any atom is 0.138 e. The molecule has 0 radical (unpaired) electrons. The standard InChI is InChI=1S/C15H18N6/c1-19-11-13(9-18-19)12-2-5-21-14(8-12)17-10-15(21)20-6-3-16-4-7-20/h2,5,8-11,16H,3-4,6-7H2,1H3. The van der Waals surface area contributed by atoms with Crippen molar-refractivity contribution in [2.45, 2.75) is 0 Å². The van der Waals surface area contributed by atoms with Crippen LogP contribution in [-0.4, -0.2) is 45.3 Å². The third-order valence-electron chi connectivity index (χ3n) is 3.97. The average molecular weight is 282 g/mol. The van der Waals surface area contributed by atoms with Gasteiger partial charge in [0.1, 0.15) is 11.5 Å². The van der Waals surface area contributed by atoms with E-state index in [9.17, 15) is 0 Å². The molecule has 0 unspecified atom stereocenters. The lowest BCUT2D eigenvalue weighted by Crippen LogP contribution is -2.44. The van der Waals surface area contributed by atoms with E-state index in [2.05, 4.69) is 43.0 Å². The number of nitrogens with zero attached hydrogens (tertiary/aromatic N) is 5. The topological polar surface area (TPSA) is 50.4 Å². The lowest BCUT2D eigenvalue weighted by atomic mass is 10.1. The molecule has 0 aliphatic carbocycles. The van der Waals surface area contributed by atoms with Crippen molar-refractivity contribution in [2.24, 2.45) is 7.05 Å². The van der Waals surface area contributed by atoms with E-state index in [-0.39, 0.29) is 0 Å². The summed E-state index contributed by atoms with van der Waals surface area (Å²) in [6.45, 7) is 4.11. The fourth-order valence-corrected chi connectivity index (χ4v) is 2.85. The largest absolute Gasteiger partial charge is 0.354 e. The van der Waals surface area contributed by atoms with Crippen LogP contribution >= 0.6 is 0 Å². The second-order valence-electron chi connectivity index (χ2n) is 5.40. The van der Waals surface area contributed by atoms with Crippen molar-refractivity contribution < 1.29 is 0 Å². The van der Waals surface area contributed by atoms with Gasteiger partial charge in [-0.2, -0.15) is 5.10 Å². The van der Waals surface area contributed by atoms with Crippen molar-refractivity contribution in [3.8, 4) is 11.1 Å². The SMILES string of the molecule is Cn1cc(-c2ccn3c(N4CCNCC4)cnc3c2)cn1. The van der Waals surface area contributed by atoms with Crippen LogP contribution in [0.3, 0.4) is 0 Å². The molecule has 1 aliphatic rings. The molecular weight excluding hydrogens is 264 g/mol. The Morgan fingerprint density at radius 1 is 1.14 bits per heavy atom. The van der Waals surface area contributed by atoms with Gasteiger partial charge in [-0.3, -0.25) is 9.08 Å². The van der Waals surface area contributed by atoms with Gasteiger partial charge >= 0.3 is 0 Å². The predicted molar refractivity (Wildman–Crippen MR) is 82.5 cm³/mol. The Hall–Kier alpha value is -2.34. The third kappa shape index (κ3) is 2.17. The van der Waals surface area contributed by atoms with Gasteiger partial charge in [0.25, 0.3) is 0 Å². The Morgan fingerprint density at radius 2 is 2.00 bits per heavy atom. The van der Waals surface area contributed by atoms with Gasteiger partial charge in [0.15, 0.2) is 0 Å². The lowest BCUT2D eigenvalue weighted by Gasteiger charge is -2.28. The molecule has 4 heterocycles. The normalized spacial score (nSPS) is 15.8. The van der Waals surface area contributed by atoms with Crippen LogP contribution in [0.2, 0.25) is 0 Å². The Kier molecular flexibility index (Phi) is 2.89. The summed E-state index contributed by atoms with van der Waals surface area (Å²) in [6.07, 6.45) is 7.97. The number of anilines is 1. The van der Waals surface area contributed by atoms with Gasteiger partial charge in [-0.1, -0.05) is 0 Å². The van der Waals surface area contributed by atoms with Crippen molar-refractivity contribution >= 4 is 11.5 Å². The molecule has 1 N–H and O–H groups in total. The van der Waals surface area contributed by atoms with Crippen molar-refractivity contribution in [1.82, 2.24) is 24.5 Å². The van der Waals surface area contributed by atoms with E-state index in [1.54, 1.807) is 0 Å². The summed E-state index contributed by atoms with van der Waals surface area (Å²) >= 11 is 0. The smallest absolute Gasteiger partial charge is 0.138 e. The van der Waals surface area contributed by atoms with E-state index in [1.165, 1.54) is 5.82 Å². The highest BCUT2D eigenvalue weighted by atomic mass is 15.3. The zero-order chi connectivity index (χ0) is 14.2. The molecule has 0 aromatic carbocycles. The van der Waals surface area contributed by atoms with Crippen LogP contribution in [0.4, 0.5) is 5.82 Å². The molecule has 6 heteroatoms. The van der Waals surface area contributed by atoms with Gasteiger partial charge in [-0.05, 0) is 17.7 Å². The first-order chi connectivity index (χ1) is 10.3. The molecular formula is C15H18N6. The fourth-order valence-electron chi connectivity index (χ4n) is 2.85. The molecule has 21 heavy (non-hydrogen) atoms. The number of hydrogen-bond acceptors (Lipinski definition) is 4. The molecule has 6 nitrogen and oxygen atoms in total. The van der Waals surface area contributed by atoms with E-state index in [0.29, 0.717) is 0 Å². The summed E-state index contributed by atoms with van der Waals surface area (Å²) < 4.78 is 3.97. The van der Waals surface area contributed by atoms with Crippen LogP contribution in [0.25, 0.3) is 16.8 Å². The molecule has 3 aromatic rings. The minimum atomic E-state index is 0.977. The maximum absolute atomic E-state index is 4.56. The number of aryl methyl sites for hydroxylation is 1. The van der Waals surface area contributed by atoms with Gasteiger partial charge in [0.2, 0.25) is 0 Å². The molecule has 4 rings (SSSR count). The fraction of sp³-hybridized carbons (Fsp3) is 0.333. The highest BCUT2D eigenvalue weighted by Gasteiger charge is 2.15. The third-order valence-corrected chi connectivity index (χ3v) is 3.97. The van der Waals surface area contributed by atoms with Gasteiger partial charge in [-0.15, -0.1) is 0 Å². The first-order valence-corrected chi connectivity index (χ1v) is 7.23. The van der Waals surface area contributed by atoms with Crippen molar-refractivity contribution in [3.63, 3.8) is 0 Å². The zero-order valence-electron chi connectivity index (χ0n) is 12.0. The van der Waals surface area contributed by atoms with Crippen molar-refractivity contribution in [2.75, 3.05) is 31.1 Å². The summed E-state index contributed by atoms with van der Waals surface area (Å²) in [4.78, 5) is 6.94. The number of rotatable bonds is 2. The number of fused-ring (bicyclic) bond motifs is 1. The highest BCUT2D eigenvalue weighted by Crippen LogP contribution is 2.23. The molecule has 1 saturated heterocycles. The summed E-state index contributed by atoms with van der Waals surface area (Å²) in [5.74, 6) is 1.17. The minimum absolute atomic E-state index is 0.977. The molecule has 108 valence electrons. The number of piperazine rings is 1. The lowest BCUT2D eigenvalue weighted by molar-refractivity contribution is 0.584. The number of nitrogens with one attached hydrogen (secondary N) is 1. The summed E-state index contributed by atoms with van der Waals surface area (Å²) in [7, 11) is 1.93. The molecule has 1 fully saturated rings. The highest BCUT2D eigenvalue weighted by molar-refractivity contribution is 5.67. The summed E-state index contributed by atoms with van der Waals surface area (Å²) in [6, 6.07) is 4.24. The molecule has 0 amide bonds. The second-order valence-corrected chi connectivity index (χ2v) is 5.40. The monoisotopic (exact) mass is 282 g/mol. The molecule has 0 saturated carbocycles. The minimum Gasteiger partial charge on any atom is -0.354 e. The molecule has 0 bridgehead atoms. The van der Waals surface area contributed by atoms with Crippen LogP contribution < -0.4 is 10.2 Å². The van der Waals surface area contributed by atoms with Crippen molar-refractivity contribution in [1.29, 1.82) is 0 Å². The van der Waals surface area contributed by atoms with Gasteiger partial charge < -0.3 is 10.2 Å². The predicted octanol–water partition coefficient (Wildman–Crippen LogP) is 1.14. The first kappa shape index (κ1) is 12.4. The van der Waals surface area contributed by atoms with Gasteiger partial charge in [0.05, 0.1) is 12.4 Å². The quantitative estimate of drug-likeness (QED) is 0.766. The van der Waals surface area contributed by atoms with E-state index in [1.807, 2.05) is 30.3 Å². The maximum atomic E-state index is 4.56. The van der Waals surface area contributed by atoms with Gasteiger partial charge in [0, 0.05) is 51.2 Å². The van der Waals surface area contributed by atoms with E-state index >= 15 is 0 Å². The molecule has 1 aliphatic heterocycles. The number of hydrogen-bond donors (Lipinski definition) is 1. The average Bonchev–Trinajstić information content (AvgIpc) is 3.13. The summed E-state index contributed by atoms with van der Waals surface area (Å²) in [5.41, 5.74) is 3.24. The van der Waals surface area contributed by atoms with Crippen LogP contribution in [0.5, 0.6) is 0 Å². The van der Waals surface area contributed by atoms with Crippen molar-refractivity contribution in [3.05, 3.63) is 36.9 Å². The second kappa shape index (κ2) is 4.89. The number of pyridine rings is 1. The Bertz CT molecular complexity index is 765. The zero-order valence-corrected chi connectivity index (χ0v) is 12.0. The number of aromatic nitrogens is 4. The van der Waals surface area contributed by atoms with E-state index < -0.39 is 0 Å². The van der Waals surface area contributed by atoms with Crippen LogP contribution in [-0.2, 0) is 7.05 Å². The van der Waals surface area contributed by atoms with E-state index in [4.69, 9.17) is 0 Å². The van der Waals surface area contributed by atoms with Gasteiger partial charge in [-0.25, -0.2) is 4.98 Å². The molecule has 3 aromatic heterocycles. The Balaban J connectivity index is 1.73.